The molecule has 2 aromatic rings. The first-order valence-electron chi connectivity index (χ1n) is 8.64. The van der Waals surface area contributed by atoms with Gasteiger partial charge in [-0.1, -0.05) is 40.5 Å². The van der Waals surface area contributed by atoms with Crippen molar-refractivity contribution in [2.45, 2.75) is 27.7 Å². The van der Waals surface area contributed by atoms with Gasteiger partial charge in [0.05, 0.1) is 6.21 Å². The molecule has 0 saturated carbocycles. The summed E-state index contributed by atoms with van der Waals surface area (Å²) in [5.41, 5.74) is 5.33. The third-order valence-electron chi connectivity index (χ3n) is 4.16. The highest BCUT2D eigenvalue weighted by molar-refractivity contribution is 6.20. The Morgan fingerprint density at radius 2 is 1.33 bits per heavy atom. The molecule has 0 aromatic heterocycles. The van der Waals surface area contributed by atoms with Crippen molar-refractivity contribution in [3.05, 3.63) is 58.7 Å². The van der Waals surface area contributed by atoms with Crippen molar-refractivity contribution < 1.29 is 14.4 Å². The monoisotopic (exact) mass is 367 g/mol. The lowest BCUT2D eigenvalue weighted by Gasteiger charge is -2.15. The molecule has 2 rings (SSSR count). The molecule has 0 aliphatic carbocycles. The maximum absolute atomic E-state index is 12.7. The van der Waals surface area contributed by atoms with Crippen LogP contribution in [0.25, 0.3) is 0 Å². The summed E-state index contributed by atoms with van der Waals surface area (Å²) >= 11 is 0. The summed E-state index contributed by atoms with van der Waals surface area (Å²) in [6, 6.07) is 11.4. The Kier molecular flexibility index (Phi) is 6.71. The fraction of sp³-hybridized carbons (Fsp3) is 0.286. The van der Waals surface area contributed by atoms with Crippen LogP contribution in [-0.4, -0.2) is 25.1 Å². The SMILES string of the molecule is CON=CC(C(=O)Nc1ccc(C)cc1C)C(=O)Nc1ccc(C)cc1C. The number of nitrogens with zero attached hydrogens (tertiary/aromatic N) is 1. The fourth-order valence-electron chi connectivity index (χ4n) is 2.70. The molecule has 142 valence electrons. The van der Waals surface area contributed by atoms with Crippen LogP contribution in [0.4, 0.5) is 11.4 Å². The second kappa shape index (κ2) is 8.98. The van der Waals surface area contributed by atoms with Gasteiger partial charge in [-0.15, -0.1) is 0 Å². The Bertz CT molecular complexity index is 809. The second-order valence-electron chi connectivity index (χ2n) is 6.53. The van der Waals surface area contributed by atoms with Gasteiger partial charge in [-0.05, 0) is 51.0 Å². The number of aryl methyl sites for hydroxylation is 4. The van der Waals surface area contributed by atoms with Crippen LogP contribution in [0.3, 0.4) is 0 Å². The van der Waals surface area contributed by atoms with Gasteiger partial charge in [0.2, 0.25) is 11.8 Å². The number of anilines is 2. The van der Waals surface area contributed by atoms with Crippen molar-refractivity contribution in [2.75, 3.05) is 17.7 Å². The second-order valence-corrected chi connectivity index (χ2v) is 6.53. The number of carbonyl (C=O) groups excluding carboxylic acids is 2. The van der Waals surface area contributed by atoms with Crippen molar-refractivity contribution in [2.24, 2.45) is 11.1 Å². The number of oxime groups is 1. The lowest BCUT2D eigenvalue weighted by Crippen LogP contribution is -2.35. The number of carbonyl (C=O) groups is 2. The van der Waals surface area contributed by atoms with Gasteiger partial charge in [0.15, 0.2) is 5.92 Å². The van der Waals surface area contributed by atoms with Gasteiger partial charge in [0, 0.05) is 11.4 Å². The minimum Gasteiger partial charge on any atom is -0.399 e. The zero-order valence-electron chi connectivity index (χ0n) is 16.3. The van der Waals surface area contributed by atoms with Crippen molar-refractivity contribution in [1.29, 1.82) is 0 Å². The maximum atomic E-state index is 12.7. The summed E-state index contributed by atoms with van der Waals surface area (Å²) in [7, 11) is 1.36. The first-order valence-corrected chi connectivity index (χ1v) is 8.64. The van der Waals surface area contributed by atoms with E-state index in [0.717, 1.165) is 22.3 Å². The molecule has 0 unspecified atom stereocenters. The summed E-state index contributed by atoms with van der Waals surface area (Å²) in [6.07, 6.45) is 1.19. The molecule has 0 bridgehead atoms. The van der Waals surface area contributed by atoms with Crippen molar-refractivity contribution >= 4 is 29.4 Å². The van der Waals surface area contributed by atoms with E-state index >= 15 is 0 Å². The van der Waals surface area contributed by atoms with Gasteiger partial charge in [-0.25, -0.2) is 0 Å². The molecule has 0 heterocycles. The number of amides is 2. The van der Waals surface area contributed by atoms with E-state index in [4.69, 9.17) is 0 Å². The number of hydrogen-bond acceptors (Lipinski definition) is 4. The summed E-state index contributed by atoms with van der Waals surface area (Å²) in [5.74, 6) is -2.10. The molecule has 6 nitrogen and oxygen atoms in total. The number of rotatable bonds is 6. The predicted octanol–water partition coefficient (Wildman–Crippen LogP) is 3.75. The summed E-state index contributed by atoms with van der Waals surface area (Å²) in [5, 5.41) is 9.20. The Morgan fingerprint density at radius 1 is 0.889 bits per heavy atom. The van der Waals surface area contributed by atoms with Crippen LogP contribution in [0, 0.1) is 33.6 Å². The van der Waals surface area contributed by atoms with E-state index in [2.05, 4.69) is 20.6 Å². The van der Waals surface area contributed by atoms with E-state index in [9.17, 15) is 9.59 Å². The Labute approximate surface area is 159 Å². The number of hydrogen-bond donors (Lipinski definition) is 2. The smallest absolute Gasteiger partial charge is 0.242 e. The number of benzene rings is 2. The third kappa shape index (κ3) is 5.41. The lowest BCUT2D eigenvalue weighted by atomic mass is 10.1. The van der Waals surface area contributed by atoms with E-state index in [1.54, 1.807) is 0 Å². The Morgan fingerprint density at radius 3 is 1.70 bits per heavy atom. The molecule has 0 saturated heterocycles. The van der Waals surface area contributed by atoms with Crippen LogP contribution in [0.1, 0.15) is 22.3 Å². The van der Waals surface area contributed by atoms with Crippen LogP contribution in [0.15, 0.2) is 41.6 Å². The fourth-order valence-corrected chi connectivity index (χ4v) is 2.70. The zero-order chi connectivity index (χ0) is 20.0. The minimum atomic E-state index is -1.13. The molecule has 2 amide bonds. The molecule has 0 radical (unpaired) electrons. The highest BCUT2D eigenvalue weighted by Gasteiger charge is 2.26. The Balaban J connectivity index is 2.21. The molecule has 0 aliphatic heterocycles. The predicted molar refractivity (Wildman–Crippen MR) is 108 cm³/mol. The normalized spacial score (nSPS) is 10.9. The average molecular weight is 367 g/mol. The van der Waals surface area contributed by atoms with Gasteiger partial charge < -0.3 is 15.5 Å². The van der Waals surface area contributed by atoms with E-state index in [1.165, 1.54) is 13.3 Å². The van der Waals surface area contributed by atoms with E-state index in [0.29, 0.717) is 11.4 Å². The average Bonchev–Trinajstić information content (AvgIpc) is 2.60. The molecule has 0 spiro atoms. The summed E-state index contributed by atoms with van der Waals surface area (Å²) < 4.78 is 0. The number of nitrogens with one attached hydrogen (secondary N) is 2. The van der Waals surface area contributed by atoms with Crippen LogP contribution >= 0.6 is 0 Å². The zero-order valence-corrected chi connectivity index (χ0v) is 16.3. The van der Waals surface area contributed by atoms with Crippen LogP contribution in [0.5, 0.6) is 0 Å². The highest BCUT2D eigenvalue weighted by Crippen LogP contribution is 2.19. The molecule has 0 aliphatic rings. The molecule has 0 atom stereocenters. The van der Waals surface area contributed by atoms with E-state index < -0.39 is 17.7 Å². The van der Waals surface area contributed by atoms with Gasteiger partial charge in [0.25, 0.3) is 0 Å². The summed E-state index contributed by atoms with van der Waals surface area (Å²) in [6.45, 7) is 7.75. The summed E-state index contributed by atoms with van der Waals surface area (Å²) in [4.78, 5) is 30.1. The standard InChI is InChI=1S/C21H25N3O3/c1-13-6-8-18(15(3)10-13)23-20(25)17(12-22-27-5)21(26)24-19-9-7-14(2)11-16(19)4/h6-12,17H,1-5H3,(H,23,25)(H,24,26). The molecule has 2 aromatic carbocycles. The van der Waals surface area contributed by atoms with Crippen molar-refractivity contribution in [3.8, 4) is 0 Å². The Hall–Kier alpha value is -3.15. The lowest BCUT2D eigenvalue weighted by molar-refractivity contribution is -0.126. The van der Waals surface area contributed by atoms with E-state index in [-0.39, 0.29) is 0 Å². The minimum absolute atomic E-state index is 0.481. The molecular weight excluding hydrogens is 342 g/mol. The first-order chi connectivity index (χ1) is 12.8. The first kappa shape index (κ1) is 20.2. The third-order valence-corrected chi connectivity index (χ3v) is 4.16. The molecular formula is C21H25N3O3. The van der Waals surface area contributed by atoms with Gasteiger partial charge in [0.1, 0.15) is 7.11 Å². The highest BCUT2D eigenvalue weighted by atomic mass is 16.6. The maximum Gasteiger partial charge on any atom is 0.242 e. The van der Waals surface area contributed by atoms with Crippen molar-refractivity contribution in [1.82, 2.24) is 0 Å². The van der Waals surface area contributed by atoms with Crippen LogP contribution in [0.2, 0.25) is 0 Å². The van der Waals surface area contributed by atoms with Crippen LogP contribution in [-0.2, 0) is 14.4 Å². The van der Waals surface area contributed by atoms with Gasteiger partial charge in [-0.2, -0.15) is 0 Å². The van der Waals surface area contributed by atoms with Crippen LogP contribution < -0.4 is 10.6 Å². The topological polar surface area (TPSA) is 79.8 Å². The largest absolute Gasteiger partial charge is 0.399 e. The quantitative estimate of drug-likeness (QED) is 0.464. The molecule has 2 N–H and O–H groups in total. The van der Waals surface area contributed by atoms with Crippen molar-refractivity contribution in [3.63, 3.8) is 0 Å². The molecule has 0 fully saturated rings. The van der Waals surface area contributed by atoms with Gasteiger partial charge >= 0.3 is 0 Å². The van der Waals surface area contributed by atoms with E-state index in [1.807, 2.05) is 64.1 Å². The molecule has 6 heteroatoms. The molecule has 27 heavy (non-hydrogen) atoms. The van der Waals surface area contributed by atoms with Gasteiger partial charge in [-0.3, -0.25) is 9.59 Å².